The minimum atomic E-state index is 0.764. The smallest absolute Gasteiger partial charge is 0.0233 e. The van der Waals surface area contributed by atoms with Crippen molar-refractivity contribution in [1.82, 2.24) is 0 Å². The zero-order valence-corrected chi connectivity index (χ0v) is 8.46. The third-order valence-corrected chi connectivity index (χ3v) is 3.60. The van der Waals surface area contributed by atoms with E-state index >= 15 is 0 Å². The molecular weight excluding hydrogens is 176 g/mol. The zero-order valence-electron chi connectivity index (χ0n) is 7.65. The summed E-state index contributed by atoms with van der Waals surface area (Å²) in [6, 6.07) is 10.7. The Morgan fingerprint density at radius 3 is 2.77 bits per heavy atom. The molecule has 1 heteroatoms. The van der Waals surface area contributed by atoms with Crippen LogP contribution in [0.15, 0.2) is 42.5 Å². The second kappa shape index (κ2) is 4.52. The van der Waals surface area contributed by atoms with E-state index in [0.717, 1.165) is 11.0 Å². The Balaban J connectivity index is 1.82. The van der Waals surface area contributed by atoms with Crippen LogP contribution in [0.5, 0.6) is 0 Å². The number of benzene rings is 1. The first-order valence-corrected chi connectivity index (χ1v) is 5.82. The molecule has 13 heavy (non-hydrogen) atoms. The van der Waals surface area contributed by atoms with Crippen molar-refractivity contribution in [3.63, 3.8) is 0 Å². The van der Waals surface area contributed by atoms with Gasteiger partial charge in [0.2, 0.25) is 0 Å². The van der Waals surface area contributed by atoms with Crippen LogP contribution in [0.2, 0.25) is 0 Å². The fourth-order valence-electron chi connectivity index (χ4n) is 1.52. The predicted octanol–water partition coefficient (Wildman–Crippen LogP) is 3.64. The molecular formula is C12H14S. The molecule has 0 N–H and O–H groups in total. The molecule has 1 aromatic rings. The van der Waals surface area contributed by atoms with Gasteiger partial charge in [-0.3, -0.25) is 0 Å². The summed E-state index contributed by atoms with van der Waals surface area (Å²) in [5.41, 5.74) is 1.44. The molecule has 1 aromatic carbocycles. The molecule has 0 saturated carbocycles. The Labute approximate surface area is 84.0 Å². The minimum Gasteiger partial charge on any atom is -0.150 e. The van der Waals surface area contributed by atoms with Crippen molar-refractivity contribution in [3.05, 3.63) is 48.0 Å². The molecule has 0 heterocycles. The summed E-state index contributed by atoms with van der Waals surface area (Å²) in [6.07, 6.45) is 7.24. The van der Waals surface area contributed by atoms with Crippen LogP contribution in [-0.4, -0.2) is 5.25 Å². The lowest BCUT2D eigenvalue weighted by atomic mass is 10.2. The van der Waals surface area contributed by atoms with Gasteiger partial charge in [0.1, 0.15) is 0 Å². The molecule has 0 fully saturated rings. The molecule has 0 spiro atoms. The predicted molar refractivity (Wildman–Crippen MR) is 59.9 cm³/mol. The van der Waals surface area contributed by atoms with E-state index in [1.807, 2.05) is 0 Å². The van der Waals surface area contributed by atoms with E-state index in [1.54, 1.807) is 0 Å². The second-order valence-electron chi connectivity index (χ2n) is 3.34. The van der Waals surface area contributed by atoms with Crippen LogP contribution in [0.1, 0.15) is 18.4 Å². The van der Waals surface area contributed by atoms with Crippen molar-refractivity contribution in [2.75, 3.05) is 0 Å². The van der Waals surface area contributed by atoms with Crippen molar-refractivity contribution in [2.45, 2.75) is 23.8 Å². The summed E-state index contributed by atoms with van der Waals surface area (Å²) >= 11 is 2.05. The molecule has 1 atom stereocenters. The molecule has 2 rings (SSSR count). The molecule has 1 aliphatic rings. The Morgan fingerprint density at radius 1 is 1.23 bits per heavy atom. The van der Waals surface area contributed by atoms with Gasteiger partial charge < -0.3 is 0 Å². The van der Waals surface area contributed by atoms with Gasteiger partial charge in [-0.2, -0.15) is 0 Å². The monoisotopic (exact) mass is 190 g/mol. The number of hydrogen-bond acceptors (Lipinski definition) is 1. The van der Waals surface area contributed by atoms with Crippen LogP contribution >= 0.6 is 11.8 Å². The van der Waals surface area contributed by atoms with Crippen molar-refractivity contribution in [1.29, 1.82) is 0 Å². The fourth-order valence-corrected chi connectivity index (χ4v) is 2.65. The first-order chi connectivity index (χ1) is 6.45. The van der Waals surface area contributed by atoms with Crippen LogP contribution in [0, 0.1) is 0 Å². The Kier molecular flexibility index (Phi) is 3.09. The maximum absolute atomic E-state index is 2.34. The molecule has 0 radical (unpaired) electrons. The summed E-state index contributed by atoms with van der Waals surface area (Å²) in [5, 5.41) is 0.764. The van der Waals surface area contributed by atoms with Crippen LogP contribution in [0.4, 0.5) is 0 Å². The van der Waals surface area contributed by atoms with E-state index in [9.17, 15) is 0 Å². The molecule has 1 aliphatic carbocycles. The lowest BCUT2D eigenvalue weighted by Crippen LogP contribution is -1.93. The fraction of sp³-hybridized carbons (Fsp3) is 0.333. The van der Waals surface area contributed by atoms with Crippen LogP contribution in [0.3, 0.4) is 0 Å². The normalized spacial score (nSPS) is 20.8. The summed E-state index contributed by atoms with van der Waals surface area (Å²) in [6.45, 7) is 0. The van der Waals surface area contributed by atoms with Crippen LogP contribution in [-0.2, 0) is 5.75 Å². The molecule has 0 aromatic heterocycles. The van der Waals surface area contributed by atoms with E-state index in [1.165, 1.54) is 18.4 Å². The van der Waals surface area contributed by atoms with E-state index in [4.69, 9.17) is 0 Å². The third kappa shape index (κ3) is 2.63. The quantitative estimate of drug-likeness (QED) is 0.656. The van der Waals surface area contributed by atoms with Crippen molar-refractivity contribution < 1.29 is 0 Å². The molecule has 0 aliphatic heterocycles. The third-order valence-electron chi connectivity index (χ3n) is 2.28. The summed E-state index contributed by atoms with van der Waals surface area (Å²) < 4.78 is 0. The van der Waals surface area contributed by atoms with Crippen LogP contribution < -0.4 is 0 Å². The average Bonchev–Trinajstić information content (AvgIpc) is 2.69. The lowest BCUT2D eigenvalue weighted by molar-refractivity contribution is 0.943. The Hall–Kier alpha value is -0.690. The Morgan fingerprint density at radius 2 is 2.08 bits per heavy atom. The van der Waals surface area contributed by atoms with Gasteiger partial charge in [0.05, 0.1) is 0 Å². The topological polar surface area (TPSA) is 0 Å². The van der Waals surface area contributed by atoms with Crippen molar-refractivity contribution in [2.24, 2.45) is 0 Å². The first-order valence-electron chi connectivity index (χ1n) is 4.77. The Bertz CT molecular complexity index is 276. The highest BCUT2D eigenvalue weighted by atomic mass is 32.2. The van der Waals surface area contributed by atoms with Gasteiger partial charge in [0.25, 0.3) is 0 Å². The van der Waals surface area contributed by atoms with Gasteiger partial charge in [-0.25, -0.2) is 0 Å². The maximum atomic E-state index is 2.34. The lowest BCUT2D eigenvalue weighted by Gasteiger charge is -2.06. The SMILES string of the molecule is C1=CC(SCc2ccccc2)CC1. The summed E-state index contributed by atoms with van der Waals surface area (Å²) in [7, 11) is 0. The summed E-state index contributed by atoms with van der Waals surface area (Å²) in [5.74, 6) is 1.15. The van der Waals surface area contributed by atoms with Gasteiger partial charge in [-0.1, -0.05) is 42.5 Å². The number of allylic oxidation sites excluding steroid dienone is 1. The largest absolute Gasteiger partial charge is 0.150 e. The highest BCUT2D eigenvalue weighted by Crippen LogP contribution is 2.26. The minimum absolute atomic E-state index is 0.764. The van der Waals surface area contributed by atoms with Gasteiger partial charge in [0, 0.05) is 11.0 Å². The van der Waals surface area contributed by atoms with E-state index in [2.05, 4.69) is 54.2 Å². The van der Waals surface area contributed by atoms with Gasteiger partial charge in [-0.05, 0) is 18.4 Å². The van der Waals surface area contributed by atoms with Gasteiger partial charge in [0.15, 0.2) is 0 Å². The highest BCUT2D eigenvalue weighted by molar-refractivity contribution is 7.99. The van der Waals surface area contributed by atoms with E-state index in [-0.39, 0.29) is 0 Å². The average molecular weight is 190 g/mol. The first kappa shape index (κ1) is 8.89. The second-order valence-corrected chi connectivity index (χ2v) is 4.57. The molecule has 68 valence electrons. The summed E-state index contributed by atoms with van der Waals surface area (Å²) in [4.78, 5) is 0. The van der Waals surface area contributed by atoms with Crippen molar-refractivity contribution >= 4 is 11.8 Å². The maximum Gasteiger partial charge on any atom is 0.0233 e. The van der Waals surface area contributed by atoms with Gasteiger partial charge >= 0.3 is 0 Å². The number of thioether (sulfide) groups is 1. The molecule has 0 amide bonds. The molecule has 0 bridgehead atoms. The van der Waals surface area contributed by atoms with E-state index < -0.39 is 0 Å². The van der Waals surface area contributed by atoms with E-state index in [0.29, 0.717) is 0 Å². The van der Waals surface area contributed by atoms with Crippen molar-refractivity contribution in [3.8, 4) is 0 Å². The molecule has 0 nitrogen and oxygen atoms in total. The van der Waals surface area contributed by atoms with Crippen LogP contribution in [0.25, 0.3) is 0 Å². The highest BCUT2D eigenvalue weighted by Gasteiger charge is 2.08. The molecule has 0 saturated heterocycles. The molecule has 1 unspecified atom stereocenters. The number of hydrogen-bond donors (Lipinski definition) is 0. The zero-order chi connectivity index (χ0) is 8.93. The standard InChI is InChI=1S/C12H14S/c1-2-6-11(7-3-1)10-13-12-8-4-5-9-12/h1-4,6-8,12H,5,9-10H2. The number of rotatable bonds is 3. The van der Waals surface area contributed by atoms with Gasteiger partial charge in [-0.15, -0.1) is 11.8 Å².